The maximum absolute atomic E-state index is 11.7. The number of rotatable bonds is 4. The Morgan fingerprint density at radius 2 is 2.12 bits per heavy atom. The lowest BCUT2D eigenvalue weighted by Gasteiger charge is -2.07. The second-order valence-electron chi connectivity index (χ2n) is 3.78. The number of hydrogen-bond donors (Lipinski definition) is 1. The summed E-state index contributed by atoms with van der Waals surface area (Å²) in [4.78, 5) is 11.7. The molecule has 0 amide bonds. The van der Waals surface area contributed by atoms with E-state index in [4.69, 9.17) is 19.9 Å². The van der Waals surface area contributed by atoms with Crippen LogP contribution in [-0.2, 0) is 4.74 Å². The van der Waals surface area contributed by atoms with Gasteiger partial charge in [-0.2, -0.15) is 0 Å². The number of hydrogen-bond acceptors (Lipinski definition) is 5. The topological polar surface area (TPSA) is 70.8 Å². The molecule has 1 aliphatic rings. The maximum atomic E-state index is 11.7. The smallest absolute Gasteiger partial charge is 0.340 e. The molecule has 0 radical (unpaired) electrons. The van der Waals surface area contributed by atoms with Crippen molar-refractivity contribution in [3.63, 3.8) is 0 Å². The summed E-state index contributed by atoms with van der Waals surface area (Å²) in [6.07, 6.45) is 1.82. The van der Waals surface area contributed by atoms with Gasteiger partial charge in [0, 0.05) is 12.1 Å². The molecule has 17 heavy (non-hydrogen) atoms. The average Bonchev–Trinajstić information content (AvgIpc) is 2.75. The number of fused-ring (bicyclic) bond motifs is 1. The first-order valence-electron chi connectivity index (χ1n) is 5.58. The summed E-state index contributed by atoms with van der Waals surface area (Å²) in [5.74, 6) is 0.670. The number of carbonyl (C=O) groups is 1. The highest BCUT2D eigenvalue weighted by Gasteiger charge is 2.20. The number of anilines is 1. The van der Waals surface area contributed by atoms with Gasteiger partial charge in [0.2, 0.25) is 6.79 Å². The van der Waals surface area contributed by atoms with Crippen molar-refractivity contribution in [2.45, 2.75) is 19.8 Å². The van der Waals surface area contributed by atoms with Crippen LogP contribution in [-0.4, -0.2) is 19.4 Å². The van der Waals surface area contributed by atoms with Crippen LogP contribution in [0.3, 0.4) is 0 Å². The molecule has 92 valence electrons. The van der Waals surface area contributed by atoms with Crippen LogP contribution < -0.4 is 15.2 Å². The molecule has 0 aromatic heterocycles. The first kappa shape index (κ1) is 11.6. The number of nitrogens with two attached hydrogens (primary N) is 1. The number of carbonyl (C=O) groups excluding carboxylic acids is 1. The van der Waals surface area contributed by atoms with Crippen LogP contribution in [0, 0.1) is 0 Å². The number of unbranched alkanes of at least 4 members (excludes halogenated alkanes) is 1. The molecule has 0 bridgehead atoms. The van der Waals surface area contributed by atoms with E-state index in [0.29, 0.717) is 29.4 Å². The van der Waals surface area contributed by atoms with Crippen molar-refractivity contribution in [2.75, 3.05) is 19.1 Å². The van der Waals surface area contributed by atoms with Crippen LogP contribution in [0.2, 0.25) is 0 Å². The summed E-state index contributed by atoms with van der Waals surface area (Å²) in [7, 11) is 0. The first-order valence-corrected chi connectivity index (χ1v) is 5.58. The third-order valence-corrected chi connectivity index (χ3v) is 2.50. The van der Waals surface area contributed by atoms with Gasteiger partial charge >= 0.3 is 5.97 Å². The summed E-state index contributed by atoms with van der Waals surface area (Å²) in [6.45, 7) is 2.59. The van der Waals surface area contributed by atoms with Gasteiger partial charge < -0.3 is 19.9 Å². The molecule has 1 aliphatic heterocycles. The SMILES string of the molecule is CCCCOC(=O)c1cc2c(cc1N)OCO2. The molecule has 5 heteroatoms. The second-order valence-corrected chi connectivity index (χ2v) is 3.78. The molecule has 0 unspecified atom stereocenters. The first-order chi connectivity index (χ1) is 8.22. The van der Waals surface area contributed by atoms with Crippen LogP contribution in [0.25, 0.3) is 0 Å². The zero-order valence-electron chi connectivity index (χ0n) is 9.69. The standard InChI is InChI=1S/C12H15NO4/c1-2-3-4-15-12(14)8-5-10-11(6-9(8)13)17-7-16-10/h5-6H,2-4,7,13H2,1H3. The highest BCUT2D eigenvalue weighted by Crippen LogP contribution is 2.36. The fraction of sp³-hybridized carbons (Fsp3) is 0.417. The molecule has 0 atom stereocenters. The van der Waals surface area contributed by atoms with E-state index in [1.807, 2.05) is 6.92 Å². The van der Waals surface area contributed by atoms with Gasteiger partial charge in [-0.15, -0.1) is 0 Å². The largest absolute Gasteiger partial charge is 0.462 e. The van der Waals surface area contributed by atoms with Crippen molar-refractivity contribution in [2.24, 2.45) is 0 Å². The number of benzene rings is 1. The minimum atomic E-state index is -0.422. The van der Waals surface area contributed by atoms with Crippen molar-refractivity contribution < 1.29 is 19.0 Å². The molecule has 1 aromatic rings. The van der Waals surface area contributed by atoms with Gasteiger partial charge in [-0.1, -0.05) is 13.3 Å². The lowest BCUT2D eigenvalue weighted by atomic mass is 10.1. The molecule has 2 rings (SSSR count). The van der Waals surface area contributed by atoms with E-state index >= 15 is 0 Å². The van der Waals surface area contributed by atoms with Gasteiger partial charge in [-0.05, 0) is 6.42 Å². The Kier molecular flexibility index (Phi) is 3.37. The van der Waals surface area contributed by atoms with Gasteiger partial charge in [-0.3, -0.25) is 0 Å². The highest BCUT2D eigenvalue weighted by atomic mass is 16.7. The van der Waals surface area contributed by atoms with Crippen LogP contribution in [0.5, 0.6) is 11.5 Å². The molecule has 0 saturated heterocycles. The Morgan fingerprint density at radius 1 is 1.41 bits per heavy atom. The summed E-state index contributed by atoms with van der Waals surface area (Å²) in [5, 5.41) is 0. The van der Waals surface area contributed by atoms with E-state index in [2.05, 4.69) is 0 Å². The van der Waals surface area contributed by atoms with Gasteiger partial charge in [0.1, 0.15) is 0 Å². The predicted molar refractivity (Wildman–Crippen MR) is 62.2 cm³/mol. The summed E-state index contributed by atoms with van der Waals surface area (Å²) < 4.78 is 15.4. The molecule has 0 fully saturated rings. The third kappa shape index (κ3) is 2.43. The molecule has 1 heterocycles. The zero-order chi connectivity index (χ0) is 12.3. The van der Waals surface area contributed by atoms with Crippen molar-refractivity contribution in [3.8, 4) is 11.5 Å². The summed E-state index contributed by atoms with van der Waals surface area (Å²) >= 11 is 0. The molecular weight excluding hydrogens is 222 g/mol. The predicted octanol–water partition coefficient (Wildman–Crippen LogP) is 1.95. The minimum Gasteiger partial charge on any atom is -0.462 e. The van der Waals surface area contributed by atoms with Crippen LogP contribution in [0.4, 0.5) is 5.69 Å². The fourth-order valence-corrected chi connectivity index (χ4v) is 1.52. The van der Waals surface area contributed by atoms with Crippen LogP contribution >= 0.6 is 0 Å². The maximum Gasteiger partial charge on any atom is 0.340 e. The number of ether oxygens (including phenoxy) is 3. The molecule has 5 nitrogen and oxygen atoms in total. The van der Waals surface area contributed by atoms with Crippen LogP contribution in [0.1, 0.15) is 30.1 Å². The van der Waals surface area contributed by atoms with E-state index in [1.54, 1.807) is 12.1 Å². The molecule has 2 N–H and O–H groups in total. The Morgan fingerprint density at radius 3 is 2.82 bits per heavy atom. The molecule has 0 saturated carbocycles. The molecule has 1 aromatic carbocycles. The van der Waals surface area contributed by atoms with Gasteiger partial charge in [0.05, 0.1) is 17.9 Å². The number of esters is 1. The highest BCUT2D eigenvalue weighted by molar-refractivity contribution is 5.96. The van der Waals surface area contributed by atoms with Crippen molar-refractivity contribution in [1.29, 1.82) is 0 Å². The second kappa shape index (κ2) is 4.95. The Labute approximate surface area is 99.5 Å². The van der Waals surface area contributed by atoms with E-state index in [-0.39, 0.29) is 6.79 Å². The van der Waals surface area contributed by atoms with Crippen molar-refractivity contribution >= 4 is 11.7 Å². The van der Waals surface area contributed by atoms with E-state index in [0.717, 1.165) is 12.8 Å². The monoisotopic (exact) mass is 237 g/mol. The van der Waals surface area contributed by atoms with Gasteiger partial charge in [0.15, 0.2) is 11.5 Å². The Bertz CT molecular complexity index is 431. The Hall–Kier alpha value is -1.91. The third-order valence-electron chi connectivity index (χ3n) is 2.50. The molecular formula is C12H15NO4. The van der Waals surface area contributed by atoms with Gasteiger partial charge in [-0.25, -0.2) is 4.79 Å². The summed E-state index contributed by atoms with van der Waals surface area (Å²) in [5.41, 5.74) is 6.43. The molecule has 0 aliphatic carbocycles. The van der Waals surface area contributed by atoms with Crippen molar-refractivity contribution in [1.82, 2.24) is 0 Å². The fourth-order valence-electron chi connectivity index (χ4n) is 1.52. The average molecular weight is 237 g/mol. The van der Waals surface area contributed by atoms with E-state index in [9.17, 15) is 4.79 Å². The van der Waals surface area contributed by atoms with Crippen LogP contribution in [0.15, 0.2) is 12.1 Å². The van der Waals surface area contributed by atoms with Crippen molar-refractivity contribution in [3.05, 3.63) is 17.7 Å². The minimum absolute atomic E-state index is 0.156. The Balaban J connectivity index is 2.12. The summed E-state index contributed by atoms with van der Waals surface area (Å²) in [6, 6.07) is 3.14. The molecule has 0 spiro atoms. The lowest BCUT2D eigenvalue weighted by Crippen LogP contribution is -2.09. The number of nitrogen functional groups attached to an aromatic ring is 1. The van der Waals surface area contributed by atoms with E-state index < -0.39 is 5.97 Å². The van der Waals surface area contributed by atoms with Gasteiger partial charge in [0.25, 0.3) is 0 Å². The lowest BCUT2D eigenvalue weighted by molar-refractivity contribution is 0.0500. The zero-order valence-corrected chi connectivity index (χ0v) is 9.69. The van der Waals surface area contributed by atoms with E-state index in [1.165, 1.54) is 0 Å². The normalized spacial score (nSPS) is 12.5. The quantitative estimate of drug-likeness (QED) is 0.492.